The Morgan fingerprint density at radius 1 is 0.933 bits per heavy atom. The van der Waals surface area contributed by atoms with Crippen molar-refractivity contribution in [1.29, 1.82) is 0 Å². The van der Waals surface area contributed by atoms with Gasteiger partial charge >= 0.3 is 6.09 Å². The average Bonchev–Trinajstić information content (AvgIpc) is 3.15. The van der Waals surface area contributed by atoms with Crippen molar-refractivity contribution >= 4 is 6.09 Å². The first kappa shape index (κ1) is 21.5. The fourth-order valence-corrected chi connectivity index (χ4v) is 5.10. The minimum absolute atomic E-state index is 0.169. The van der Waals surface area contributed by atoms with E-state index in [0.29, 0.717) is 13.1 Å². The topological polar surface area (TPSA) is 42.0 Å². The molecule has 5 nitrogen and oxygen atoms in total. The predicted octanol–water partition coefficient (Wildman–Crippen LogP) is 4.81. The minimum atomic E-state index is -0.445. The maximum absolute atomic E-state index is 12.3. The molecule has 4 rings (SSSR count). The van der Waals surface area contributed by atoms with Crippen LogP contribution in [0.25, 0.3) is 0 Å². The molecule has 2 fully saturated rings. The summed E-state index contributed by atoms with van der Waals surface area (Å²) in [5.41, 5.74) is 2.50. The lowest BCUT2D eigenvalue weighted by Crippen LogP contribution is -2.44. The first-order valence-corrected chi connectivity index (χ1v) is 11.9. The maximum atomic E-state index is 12.3. The summed E-state index contributed by atoms with van der Waals surface area (Å²) >= 11 is 0. The highest BCUT2D eigenvalue weighted by Gasteiger charge is 2.28. The molecule has 2 heterocycles. The molecule has 30 heavy (non-hydrogen) atoms. The molecule has 3 aliphatic rings. The molecule has 1 saturated heterocycles. The molecule has 2 aliphatic heterocycles. The highest BCUT2D eigenvalue weighted by Crippen LogP contribution is 2.29. The Kier molecular flexibility index (Phi) is 6.57. The lowest BCUT2D eigenvalue weighted by Gasteiger charge is -2.33. The van der Waals surface area contributed by atoms with Crippen LogP contribution in [0.15, 0.2) is 18.2 Å². The third-order valence-electron chi connectivity index (χ3n) is 6.75. The Hall–Kier alpha value is -1.75. The lowest BCUT2D eigenvalue weighted by molar-refractivity contribution is 0.0126. The van der Waals surface area contributed by atoms with Gasteiger partial charge in [-0.05, 0) is 69.7 Å². The fraction of sp³-hybridized carbons (Fsp3) is 0.720. The van der Waals surface area contributed by atoms with Crippen LogP contribution in [0, 0.1) is 0 Å². The third kappa shape index (κ3) is 5.48. The Morgan fingerprint density at radius 2 is 1.60 bits per heavy atom. The van der Waals surface area contributed by atoms with Crippen LogP contribution in [0.4, 0.5) is 4.79 Å². The number of carbonyl (C=O) groups excluding carboxylic acids is 1. The molecule has 1 aromatic carbocycles. The van der Waals surface area contributed by atoms with E-state index in [-0.39, 0.29) is 12.2 Å². The highest BCUT2D eigenvalue weighted by molar-refractivity contribution is 5.68. The molecule has 1 aromatic rings. The van der Waals surface area contributed by atoms with Gasteiger partial charge in [0.1, 0.15) is 17.5 Å². The summed E-state index contributed by atoms with van der Waals surface area (Å²) in [6.45, 7) is 9.49. The van der Waals surface area contributed by atoms with Crippen LogP contribution in [-0.4, -0.2) is 59.8 Å². The van der Waals surface area contributed by atoms with Crippen molar-refractivity contribution in [3.63, 3.8) is 0 Å². The first-order valence-electron chi connectivity index (χ1n) is 11.9. The monoisotopic (exact) mass is 414 g/mol. The van der Waals surface area contributed by atoms with Crippen molar-refractivity contribution in [1.82, 2.24) is 9.80 Å². The smallest absolute Gasteiger partial charge is 0.410 e. The van der Waals surface area contributed by atoms with Crippen LogP contribution in [-0.2, 0) is 17.6 Å². The second-order valence-electron chi connectivity index (χ2n) is 10.2. The Bertz CT molecular complexity index is 728. The number of amides is 1. The quantitative estimate of drug-likeness (QED) is 0.712. The van der Waals surface area contributed by atoms with Gasteiger partial charge in [0.05, 0.1) is 0 Å². The van der Waals surface area contributed by atoms with Crippen molar-refractivity contribution in [3.8, 4) is 5.75 Å². The van der Waals surface area contributed by atoms with Gasteiger partial charge in [0.15, 0.2) is 0 Å². The predicted molar refractivity (Wildman–Crippen MR) is 119 cm³/mol. The lowest BCUT2D eigenvalue weighted by atomic mass is 10.0. The van der Waals surface area contributed by atoms with E-state index in [9.17, 15) is 4.79 Å². The molecular formula is C25H38N2O3. The average molecular weight is 415 g/mol. The van der Waals surface area contributed by atoms with Gasteiger partial charge in [-0.3, -0.25) is 4.90 Å². The van der Waals surface area contributed by atoms with Gasteiger partial charge in [-0.1, -0.05) is 18.9 Å². The second-order valence-corrected chi connectivity index (χ2v) is 10.2. The SMILES string of the molecule is CC(C)(C)OC(=O)N1CCC(Oc2ccc3c(c2)CCN(C2CCCC2)CC3)CC1. The summed E-state index contributed by atoms with van der Waals surface area (Å²) in [5.74, 6) is 0.985. The largest absolute Gasteiger partial charge is 0.490 e. The molecular weight excluding hydrogens is 376 g/mol. The molecule has 5 heteroatoms. The molecule has 0 N–H and O–H groups in total. The van der Waals surface area contributed by atoms with Crippen LogP contribution >= 0.6 is 0 Å². The van der Waals surface area contributed by atoms with Gasteiger partial charge in [0.25, 0.3) is 0 Å². The van der Waals surface area contributed by atoms with Crippen molar-refractivity contribution in [3.05, 3.63) is 29.3 Å². The van der Waals surface area contributed by atoms with E-state index in [1.165, 1.54) is 49.9 Å². The van der Waals surface area contributed by atoms with E-state index in [2.05, 4.69) is 23.1 Å². The van der Waals surface area contributed by atoms with Gasteiger partial charge in [-0.15, -0.1) is 0 Å². The van der Waals surface area contributed by atoms with Crippen molar-refractivity contribution in [2.24, 2.45) is 0 Å². The Morgan fingerprint density at radius 3 is 2.27 bits per heavy atom. The summed E-state index contributed by atoms with van der Waals surface area (Å²) in [7, 11) is 0. The zero-order valence-corrected chi connectivity index (χ0v) is 19.0. The van der Waals surface area contributed by atoms with Gasteiger partial charge in [0, 0.05) is 45.1 Å². The summed E-state index contributed by atoms with van der Waals surface area (Å²) < 4.78 is 11.8. The molecule has 1 aliphatic carbocycles. The van der Waals surface area contributed by atoms with Crippen molar-refractivity contribution in [2.75, 3.05) is 26.2 Å². The number of piperidine rings is 1. The summed E-state index contributed by atoms with van der Waals surface area (Å²) in [6, 6.07) is 7.50. The van der Waals surface area contributed by atoms with Gasteiger partial charge in [-0.2, -0.15) is 0 Å². The number of rotatable bonds is 3. The molecule has 166 valence electrons. The minimum Gasteiger partial charge on any atom is -0.490 e. The Labute approximate surface area is 181 Å². The molecule has 0 aromatic heterocycles. The van der Waals surface area contributed by atoms with Crippen molar-refractivity contribution < 1.29 is 14.3 Å². The molecule has 0 atom stereocenters. The van der Waals surface area contributed by atoms with Gasteiger partial charge in [-0.25, -0.2) is 4.79 Å². The number of nitrogens with zero attached hydrogens (tertiary/aromatic N) is 2. The van der Waals surface area contributed by atoms with Gasteiger partial charge < -0.3 is 14.4 Å². The van der Waals surface area contributed by atoms with Crippen LogP contribution in [0.1, 0.15) is 70.4 Å². The standard InChI is InChI=1S/C25H38N2O3/c1-25(2,3)30-24(28)27-16-12-22(13-17-27)29-23-9-8-19-10-14-26(15-11-20(19)18-23)21-6-4-5-7-21/h8-9,18,21-22H,4-7,10-17H2,1-3H3. The van der Waals surface area contributed by atoms with Gasteiger partial charge in [0.2, 0.25) is 0 Å². The number of hydrogen-bond acceptors (Lipinski definition) is 4. The number of hydrogen-bond donors (Lipinski definition) is 0. The van der Waals surface area contributed by atoms with E-state index in [4.69, 9.17) is 9.47 Å². The number of benzene rings is 1. The summed E-state index contributed by atoms with van der Waals surface area (Å²) in [4.78, 5) is 16.8. The maximum Gasteiger partial charge on any atom is 0.410 e. The number of fused-ring (bicyclic) bond motifs is 1. The van der Waals surface area contributed by atoms with E-state index in [1.54, 1.807) is 4.90 Å². The summed E-state index contributed by atoms with van der Waals surface area (Å²) in [5, 5.41) is 0. The Balaban J connectivity index is 1.29. The molecule has 1 amide bonds. The third-order valence-corrected chi connectivity index (χ3v) is 6.75. The van der Waals surface area contributed by atoms with Crippen LogP contribution in [0.2, 0.25) is 0 Å². The fourth-order valence-electron chi connectivity index (χ4n) is 5.10. The molecule has 0 radical (unpaired) electrons. The van der Waals surface area contributed by atoms with E-state index in [0.717, 1.165) is 37.5 Å². The van der Waals surface area contributed by atoms with E-state index in [1.807, 2.05) is 20.8 Å². The normalized spacial score (nSPS) is 21.9. The molecule has 0 bridgehead atoms. The highest BCUT2D eigenvalue weighted by atomic mass is 16.6. The van der Waals surface area contributed by atoms with Crippen LogP contribution < -0.4 is 4.74 Å². The summed E-state index contributed by atoms with van der Waals surface area (Å²) in [6.07, 6.45) is 9.51. The number of ether oxygens (including phenoxy) is 2. The van der Waals surface area contributed by atoms with Crippen molar-refractivity contribution in [2.45, 2.75) is 89.9 Å². The molecule has 1 saturated carbocycles. The number of likely N-dealkylation sites (tertiary alicyclic amines) is 1. The van der Waals surface area contributed by atoms with E-state index < -0.39 is 5.60 Å². The van der Waals surface area contributed by atoms with Crippen LogP contribution in [0.3, 0.4) is 0 Å². The van der Waals surface area contributed by atoms with Crippen LogP contribution in [0.5, 0.6) is 5.75 Å². The van der Waals surface area contributed by atoms with E-state index >= 15 is 0 Å². The zero-order valence-electron chi connectivity index (χ0n) is 19.0. The first-order chi connectivity index (χ1) is 14.4. The zero-order chi connectivity index (χ0) is 21.1. The molecule has 0 unspecified atom stereocenters. The number of carbonyl (C=O) groups is 1. The second kappa shape index (κ2) is 9.17. The molecule has 0 spiro atoms.